The fourth-order valence-corrected chi connectivity index (χ4v) is 2.69. The zero-order valence-corrected chi connectivity index (χ0v) is 12.7. The van der Waals surface area contributed by atoms with Crippen LogP contribution in [0.25, 0.3) is 0 Å². The van der Waals surface area contributed by atoms with Crippen molar-refractivity contribution in [3.8, 4) is 5.75 Å². The fraction of sp³-hybridized carbons (Fsp3) is 0.308. The van der Waals surface area contributed by atoms with Crippen molar-refractivity contribution in [1.29, 1.82) is 0 Å². The fourth-order valence-electron chi connectivity index (χ4n) is 1.60. The molecule has 0 aliphatic rings. The Bertz CT molecular complexity index is 615. The number of hydrogen-bond acceptors (Lipinski definition) is 5. The summed E-state index contributed by atoms with van der Waals surface area (Å²) in [6, 6.07) is 4.86. The van der Waals surface area contributed by atoms with Crippen molar-refractivity contribution in [3.05, 3.63) is 33.8 Å². The Balaban J connectivity index is 2.09. The van der Waals surface area contributed by atoms with Crippen LogP contribution in [0.1, 0.15) is 28.7 Å². The number of ether oxygens (including phenoxy) is 1. The number of halogens is 1. The first kappa shape index (κ1) is 14.7. The molecule has 106 valence electrons. The molecule has 0 aliphatic carbocycles. The molecule has 0 spiro atoms. The largest absolute Gasteiger partial charge is 0.495 e. The van der Waals surface area contributed by atoms with E-state index >= 15 is 0 Å². The molecule has 0 unspecified atom stereocenters. The molecule has 2 rings (SSSR count). The van der Waals surface area contributed by atoms with Crippen molar-refractivity contribution in [3.63, 3.8) is 0 Å². The number of benzene rings is 1. The highest BCUT2D eigenvalue weighted by molar-refractivity contribution is 7.15. The zero-order chi connectivity index (χ0) is 14.5. The van der Waals surface area contributed by atoms with Gasteiger partial charge in [0.15, 0.2) is 0 Å². The lowest BCUT2D eigenvalue weighted by Gasteiger charge is -2.05. The van der Waals surface area contributed by atoms with E-state index in [1.54, 1.807) is 18.2 Å². The van der Waals surface area contributed by atoms with Crippen LogP contribution in [0.15, 0.2) is 18.2 Å². The van der Waals surface area contributed by atoms with Crippen LogP contribution >= 0.6 is 22.9 Å². The highest BCUT2D eigenvalue weighted by atomic mass is 35.5. The van der Waals surface area contributed by atoms with Crippen LogP contribution in [0, 0.1) is 0 Å². The normalized spacial score (nSPS) is 10.3. The first-order valence-corrected chi connectivity index (χ1v) is 7.30. The number of anilines is 1. The lowest BCUT2D eigenvalue weighted by molar-refractivity contribution is 0.102. The van der Waals surface area contributed by atoms with E-state index < -0.39 is 0 Å². The van der Waals surface area contributed by atoms with Crippen molar-refractivity contribution in [2.75, 3.05) is 12.4 Å². The summed E-state index contributed by atoms with van der Waals surface area (Å²) in [7, 11) is 1.53. The van der Waals surface area contributed by atoms with Gasteiger partial charge in [-0.15, -0.1) is 10.2 Å². The number of hydrogen-bond donors (Lipinski definition) is 1. The van der Waals surface area contributed by atoms with E-state index in [2.05, 4.69) is 22.4 Å². The average Bonchev–Trinajstić information content (AvgIpc) is 2.86. The summed E-state index contributed by atoms with van der Waals surface area (Å²) in [4.78, 5) is 12.1. The van der Waals surface area contributed by atoms with Crippen molar-refractivity contribution in [2.24, 2.45) is 0 Å². The molecule has 0 fully saturated rings. The number of carbonyl (C=O) groups is 1. The summed E-state index contributed by atoms with van der Waals surface area (Å²) in [5.74, 6) is 0.262. The van der Waals surface area contributed by atoms with Gasteiger partial charge >= 0.3 is 0 Å². The predicted molar refractivity (Wildman–Crippen MR) is 79.9 cm³/mol. The van der Waals surface area contributed by atoms with Gasteiger partial charge in [0.25, 0.3) is 5.91 Å². The van der Waals surface area contributed by atoms with Crippen LogP contribution in [0.5, 0.6) is 5.75 Å². The molecule has 1 amide bonds. The Labute approximate surface area is 125 Å². The standard InChI is InChI=1S/C13H14ClN3O2S/c1-3-4-11-16-17-13(20-11)15-12(18)8-5-6-10(19-2)9(14)7-8/h5-7H,3-4H2,1-2H3,(H,15,17,18). The van der Waals surface area contributed by atoms with Crippen LogP contribution in [-0.4, -0.2) is 23.2 Å². The Kier molecular flexibility index (Phi) is 4.92. The Hall–Kier alpha value is -1.66. The van der Waals surface area contributed by atoms with Gasteiger partial charge in [-0.3, -0.25) is 10.1 Å². The number of carbonyl (C=O) groups excluding carboxylic acids is 1. The Morgan fingerprint density at radius 1 is 1.45 bits per heavy atom. The Morgan fingerprint density at radius 2 is 2.25 bits per heavy atom. The monoisotopic (exact) mass is 311 g/mol. The van der Waals surface area contributed by atoms with Gasteiger partial charge in [-0.1, -0.05) is 29.9 Å². The van der Waals surface area contributed by atoms with Gasteiger partial charge in [-0.05, 0) is 24.6 Å². The topological polar surface area (TPSA) is 64.1 Å². The summed E-state index contributed by atoms with van der Waals surface area (Å²) >= 11 is 7.37. The number of methoxy groups -OCH3 is 1. The number of nitrogens with zero attached hydrogens (tertiary/aromatic N) is 2. The minimum Gasteiger partial charge on any atom is -0.495 e. The Morgan fingerprint density at radius 3 is 2.90 bits per heavy atom. The van der Waals surface area contributed by atoms with Crippen molar-refractivity contribution in [1.82, 2.24) is 10.2 Å². The molecule has 20 heavy (non-hydrogen) atoms. The third-order valence-corrected chi connectivity index (χ3v) is 3.76. The summed E-state index contributed by atoms with van der Waals surface area (Å²) in [6.45, 7) is 2.07. The number of aromatic nitrogens is 2. The van der Waals surface area contributed by atoms with Crippen molar-refractivity contribution < 1.29 is 9.53 Å². The second kappa shape index (κ2) is 6.67. The average molecular weight is 312 g/mol. The maximum Gasteiger partial charge on any atom is 0.257 e. The maximum atomic E-state index is 12.1. The molecule has 5 nitrogen and oxygen atoms in total. The van der Waals surface area contributed by atoms with Gasteiger partial charge in [0.2, 0.25) is 5.13 Å². The van der Waals surface area contributed by atoms with Crippen LogP contribution in [0.2, 0.25) is 5.02 Å². The van der Waals surface area contributed by atoms with E-state index in [-0.39, 0.29) is 5.91 Å². The lowest BCUT2D eigenvalue weighted by Crippen LogP contribution is -2.11. The van der Waals surface area contributed by atoms with E-state index in [0.717, 1.165) is 17.8 Å². The molecule has 2 aromatic rings. The van der Waals surface area contributed by atoms with Gasteiger partial charge in [-0.2, -0.15) is 0 Å². The maximum absolute atomic E-state index is 12.1. The zero-order valence-electron chi connectivity index (χ0n) is 11.1. The quantitative estimate of drug-likeness (QED) is 0.919. The smallest absolute Gasteiger partial charge is 0.257 e. The van der Waals surface area contributed by atoms with E-state index in [1.807, 2.05) is 0 Å². The molecule has 0 bridgehead atoms. The molecule has 1 aromatic carbocycles. The molecule has 1 N–H and O–H groups in total. The van der Waals surface area contributed by atoms with Crippen LogP contribution in [0.3, 0.4) is 0 Å². The molecule has 0 aliphatic heterocycles. The third-order valence-electron chi connectivity index (χ3n) is 2.57. The molecule has 0 saturated carbocycles. The van der Waals surface area contributed by atoms with Crippen LogP contribution < -0.4 is 10.1 Å². The van der Waals surface area contributed by atoms with E-state index in [9.17, 15) is 4.79 Å². The predicted octanol–water partition coefficient (Wildman–Crippen LogP) is 3.40. The van der Waals surface area contributed by atoms with Crippen molar-refractivity contribution >= 4 is 34.0 Å². The molecule has 0 saturated heterocycles. The van der Waals surface area contributed by atoms with Gasteiger partial charge in [0, 0.05) is 12.0 Å². The molecule has 0 atom stereocenters. The summed E-state index contributed by atoms with van der Waals surface area (Å²) < 4.78 is 5.04. The van der Waals surface area contributed by atoms with Gasteiger partial charge < -0.3 is 4.74 Å². The summed E-state index contributed by atoms with van der Waals surface area (Å²) in [5, 5.41) is 12.4. The minimum absolute atomic E-state index is 0.270. The van der Waals surface area contributed by atoms with Gasteiger partial charge in [0.05, 0.1) is 12.1 Å². The van der Waals surface area contributed by atoms with Crippen LogP contribution in [-0.2, 0) is 6.42 Å². The molecule has 7 heteroatoms. The molecular weight excluding hydrogens is 298 g/mol. The first-order valence-electron chi connectivity index (χ1n) is 6.11. The van der Waals surface area contributed by atoms with E-state index in [1.165, 1.54) is 18.4 Å². The number of aryl methyl sites for hydroxylation is 1. The second-order valence-electron chi connectivity index (χ2n) is 4.05. The highest BCUT2D eigenvalue weighted by Crippen LogP contribution is 2.25. The molecular formula is C13H14ClN3O2S. The second-order valence-corrected chi connectivity index (χ2v) is 5.52. The lowest BCUT2D eigenvalue weighted by atomic mass is 10.2. The number of rotatable bonds is 5. The number of amides is 1. The van der Waals surface area contributed by atoms with Gasteiger partial charge in [0.1, 0.15) is 10.8 Å². The number of nitrogens with one attached hydrogen (secondary N) is 1. The highest BCUT2D eigenvalue weighted by Gasteiger charge is 2.12. The van der Waals surface area contributed by atoms with E-state index in [4.69, 9.17) is 16.3 Å². The van der Waals surface area contributed by atoms with E-state index in [0.29, 0.717) is 21.5 Å². The summed E-state index contributed by atoms with van der Waals surface area (Å²) in [5.41, 5.74) is 0.447. The SMILES string of the molecule is CCCc1nnc(NC(=O)c2ccc(OC)c(Cl)c2)s1. The molecule has 1 heterocycles. The minimum atomic E-state index is -0.270. The first-order chi connectivity index (χ1) is 9.63. The van der Waals surface area contributed by atoms with Crippen molar-refractivity contribution in [2.45, 2.75) is 19.8 Å². The molecule has 1 aromatic heterocycles. The summed E-state index contributed by atoms with van der Waals surface area (Å²) in [6.07, 6.45) is 1.86. The third kappa shape index (κ3) is 3.46. The van der Waals surface area contributed by atoms with Crippen LogP contribution in [0.4, 0.5) is 5.13 Å². The molecule has 0 radical (unpaired) electrons. The van der Waals surface area contributed by atoms with Gasteiger partial charge in [-0.25, -0.2) is 0 Å².